The summed E-state index contributed by atoms with van der Waals surface area (Å²) in [5.74, 6) is -0.857. The molecule has 1 saturated heterocycles. The van der Waals surface area contributed by atoms with Crippen molar-refractivity contribution in [3.8, 4) is 0 Å². The molecule has 1 aliphatic rings. The van der Waals surface area contributed by atoms with Crippen LogP contribution >= 0.6 is 11.3 Å². The zero-order valence-electron chi connectivity index (χ0n) is 11.7. The summed E-state index contributed by atoms with van der Waals surface area (Å²) >= 11 is 1.49. The van der Waals surface area contributed by atoms with E-state index in [-0.39, 0.29) is 6.10 Å². The summed E-state index contributed by atoms with van der Waals surface area (Å²) in [5.41, 5.74) is -0.341. The lowest BCUT2D eigenvalue weighted by Crippen LogP contribution is -2.37. The molecule has 106 valence electrons. The van der Waals surface area contributed by atoms with Gasteiger partial charge in [0, 0.05) is 19.0 Å². The maximum Gasteiger partial charge on any atom is 0.315 e. The van der Waals surface area contributed by atoms with Crippen molar-refractivity contribution in [2.75, 3.05) is 18.6 Å². The van der Waals surface area contributed by atoms with Crippen molar-refractivity contribution < 1.29 is 14.6 Å². The number of anilines is 1. The first-order valence-corrected chi connectivity index (χ1v) is 7.26. The molecular weight excluding hydrogens is 264 g/mol. The second-order valence-electron chi connectivity index (χ2n) is 5.49. The van der Waals surface area contributed by atoms with Gasteiger partial charge in [0.25, 0.3) is 0 Å². The molecule has 0 saturated carbocycles. The summed E-state index contributed by atoms with van der Waals surface area (Å²) < 4.78 is 5.56. The van der Waals surface area contributed by atoms with Gasteiger partial charge in [-0.3, -0.25) is 4.79 Å². The van der Waals surface area contributed by atoms with Crippen LogP contribution in [0.3, 0.4) is 0 Å². The molecule has 2 unspecified atom stereocenters. The van der Waals surface area contributed by atoms with Crippen LogP contribution in [0.25, 0.3) is 0 Å². The first kappa shape index (κ1) is 14.3. The molecule has 0 amide bonds. The SMILES string of the molecule is CC1OCCC1N(C)c1nc(C(C)(C)C(=O)O)cs1. The van der Waals surface area contributed by atoms with Crippen LogP contribution in [-0.4, -0.2) is 41.9 Å². The Morgan fingerprint density at radius 1 is 1.63 bits per heavy atom. The lowest BCUT2D eigenvalue weighted by atomic mass is 9.90. The normalized spacial score (nSPS) is 23.6. The number of aliphatic carboxylic acids is 1. The highest BCUT2D eigenvalue weighted by molar-refractivity contribution is 7.13. The highest BCUT2D eigenvalue weighted by Gasteiger charge is 2.34. The van der Waals surface area contributed by atoms with Gasteiger partial charge in [-0.15, -0.1) is 11.3 Å². The zero-order valence-corrected chi connectivity index (χ0v) is 12.5. The van der Waals surface area contributed by atoms with Crippen molar-refractivity contribution in [2.24, 2.45) is 0 Å². The predicted octanol–water partition coefficient (Wildman–Crippen LogP) is 2.12. The number of ether oxygens (including phenoxy) is 1. The van der Waals surface area contributed by atoms with E-state index in [4.69, 9.17) is 4.74 Å². The summed E-state index contributed by atoms with van der Waals surface area (Å²) in [6.45, 7) is 6.18. The van der Waals surface area contributed by atoms with Crippen LogP contribution in [0.4, 0.5) is 5.13 Å². The van der Waals surface area contributed by atoms with Crippen LogP contribution in [0.15, 0.2) is 5.38 Å². The number of nitrogens with zero attached hydrogens (tertiary/aromatic N) is 2. The molecule has 2 rings (SSSR count). The Morgan fingerprint density at radius 3 is 2.84 bits per heavy atom. The Balaban J connectivity index is 2.19. The van der Waals surface area contributed by atoms with Crippen molar-refractivity contribution in [1.82, 2.24) is 4.98 Å². The summed E-state index contributed by atoms with van der Waals surface area (Å²) in [6.07, 6.45) is 1.17. The van der Waals surface area contributed by atoms with Crippen LogP contribution in [-0.2, 0) is 14.9 Å². The highest BCUT2D eigenvalue weighted by Crippen LogP contribution is 2.31. The fraction of sp³-hybridized carbons (Fsp3) is 0.692. The quantitative estimate of drug-likeness (QED) is 0.917. The summed E-state index contributed by atoms with van der Waals surface area (Å²) in [6, 6.07) is 0.312. The number of likely N-dealkylation sites (N-methyl/N-ethyl adjacent to an activating group) is 1. The van der Waals surface area contributed by atoms with E-state index in [2.05, 4.69) is 16.8 Å². The molecule has 0 radical (unpaired) electrons. The average molecular weight is 284 g/mol. The number of aromatic nitrogens is 1. The molecule has 2 heterocycles. The molecular formula is C13H20N2O3S. The highest BCUT2D eigenvalue weighted by atomic mass is 32.1. The van der Waals surface area contributed by atoms with Crippen molar-refractivity contribution in [3.63, 3.8) is 0 Å². The van der Waals surface area contributed by atoms with Gasteiger partial charge < -0.3 is 14.7 Å². The molecule has 1 aromatic rings. The maximum atomic E-state index is 11.2. The van der Waals surface area contributed by atoms with E-state index in [0.717, 1.165) is 18.2 Å². The van der Waals surface area contributed by atoms with Crippen LogP contribution in [0.2, 0.25) is 0 Å². The Kier molecular flexibility index (Phi) is 3.82. The fourth-order valence-electron chi connectivity index (χ4n) is 2.19. The van der Waals surface area contributed by atoms with Crippen molar-refractivity contribution >= 4 is 22.4 Å². The van der Waals surface area contributed by atoms with Crippen LogP contribution in [0.1, 0.15) is 32.9 Å². The van der Waals surface area contributed by atoms with Crippen molar-refractivity contribution in [1.29, 1.82) is 0 Å². The van der Waals surface area contributed by atoms with E-state index in [1.807, 2.05) is 12.4 Å². The van der Waals surface area contributed by atoms with E-state index in [0.29, 0.717) is 11.7 Å². The van der Waals surface area contributed by atoms with Gasteiger partial charge in [-0.25, -0.2) is 4.98 Å². The number of carboxylic acid groups (broad SMARTS) is 1. The second kappa shape index (κ2) is 5.09. The molecule has 1 aliphatic heterocycles. The smallest absolute Gasteiger partial charge is 0.315 e. The van der Waals surface area contributed by atoms with Crippen molar-refractivity contribution in [2.45, 2.75) is 44.8 Å². The number of carbonyl (C=O) groups is 1. The standard InChI is InChI=1S/C13H20N2O3S/c1-8-9(5-6-18-8)15(4)12-14-10(7-19-12)13(2,3)11(16)17/h7-9H,5-6H2,1-4H3,(H,16,17). The molecule has 2 atom stereocenters. The van der Waals surface area contributed by atoms with Gasteiger partial charge in [0.1, 0.15) is 5.41 Å². The molecule has 19 heavy (non-hydrogen) atoms. The number of rotatable bonds is 4. The lowest BCUT2D eigenvalue weighted by Gasteiger charge is -2.26. The van der Waals surface area contributed by atoms with E-state index in [1.54, 1.807) is 13.8 Å². The third-order valence-corrected chi connectivity index (χ3v) is 4.73. The predicted molar refractivity (Wildman–Crippen MR) is 75.0 cm³/mol. The largest absolute Gasteiger partial charge is 0.481 e. The van der Waals surface area contributed by atoms with Gasteiger partial charge in [-0.1, -0.05) is 0 Å². The van der Waals surface area contributed by atoms with Crippen LogP contribution in [0, 0.1) is 0 Å². The maximum absolute atomic E-state index is 11.2. The lowest BCUT2D eigenvalue weighted by molar-refractivity contribution is -0.142. The van der Waals surface area contributed by atoms with Gasteiger partial charge in [0.2, 0.25) is 0 Å². The summed E-state index contributed by atoms with van der Waals surface area (Å²) in [5, 5.41) is 11.9. The number of hydrogen-bond acceptors (Lipinski definition) is 5. The molecule has 0 spiro atoms. The molecule has 6 heteroatoms. The Bertz CT molecular complexity index is 472. The Morgan fingerprint density at radius 2 is 2.32 bits per heavy atom. The van der Waals surface area contributed by atoms with Gasteiger partial charge in [0.15, 0.2) is 5.13 Å². The topological polar surface area (TPSA) is 62.7 Å². The molecule has 0 bridgehead atoms. The Labute approximate surface area is 117 Å². The van der Waals surface area contributed by atoms with Gasteiger partial charge in [0.05, 0.1) is 17.8 Å². The number of hydrogen-bond donors (Lipinski definition) is 1. The minimum atomic E-state index is -0.951. The minimum absolute atomic E-state index is 0.185. The first-order valence-electron chi connectivity index (χ1n) is 6.38. The van der Waals surface area contributed by atoms with Gasteiger partial charge in [-0.2, -0.15) is 0 Å². The van der Waals surface area contributed by atoms with E-state index in [9.17, 15) is 9.90 Å². The van der Waals surface area contributed by atoms with E-state index < -0.39 is 11.4 Å². The number of carboxylic acids is 1. The fourth-order valence-corrected chi connectivity index (χ4v) is 3.21. The minimum Gasteiger partial charge on any atom is -0.481 e. The molecule has 5 nitrogen and oxygen atoms in total. The van der Waals surface area contributed by atoms with Crippen molar-refractivity contribution in [3.05, 3.63) is 11.1 Å². The average Bonchev–Trinajstić information content (AvgIpc) is 2.96. The van der Waals surface area contributed by atoms with Gasteiger partial charge >= 0.3 is 5.97 Å². The molecule has 0 aromatic carbocycles. The number of thiazole rings is 1. The monoisotopic (exact) mass is 284 g/mol. The van der Waals surface area contributed by atoms with Crippen LogP contribution in [0.5, 0.6) is 0 Å². The summed E-state index contributed by atoms with van der Waals surface area (Å²) in [7, 11) is 1.99. The summed E-state index contributed by atoms with van der Waals surface area (Å²) in [4.78, 5) is 17.8. The molecule has 1 fully saturated rings. The van der Waals surface area contributed by atoms with E-state index >= 15 is 0 Å². The Hall–Kier alpha value is -1.14. The molecule has 1 N–H and O–H groups in total. The van der Waals surface area contributed by atoms with Gasteiger partial charge in [-0.05, 0) is 27.2 Å². The zero-order chi connectivity index (χ0) is 14.2. The first-order chi connectivity index (χ1) is 8.84. The molecule has 0 aliphatic carbocycles. The second-order valence-corrected chi connectivity index (χ2v) is 6.32. The third-order valence-electron chi connectivity index (χ3n) is 3.80. The molecule has 1 aromatic heterocycles. The van der Waals surface area contributed by atoms with E-state index in [1.165, 1.54) is 11.3 Å². The van der Waals surface area contributed by atoms with Crippen LogP contribution < -0.4 is 4.90 Å². The third kappa shape index (κ3) is 2.60.